The van der Waals surface area contributed by atoms with Crippen molar-refractivity contribution >= 4 is 21.6 Å². The van der Waals surface area contributed by atoms with Gasteiger partial charge in [-0.1, -0.05) is 22.9 Å². The highest BCUT2D eigenvalue weighted by Crippen LogP contribution is 2.31. The van der Waals surface area contributed by atoms with Gasteiger partial charge in [-0.3, -0.25) is 0 Å². The summed E-state index contributed by atoms with van der Waals surface area (Å²) in [5.41, 5.74) is 4.37. The highest BCUT2D eigenvalue weighted by molar-refractivity contribution is 9.10. The van der Waals surface area contributed by atoms with Crippen LogP contribution in [-0.4, -0.2) is 13.1 Å². The maximum absolute atomic E-state index is 3.58. The first-order chi connectivity index (χ1) is 7.22. The molecule has 1 fully saturated rings. The molecule has 82 valence electrons. The Morgan fingerprint density at radius 3 is 2.53 bits per heavy atom. The third-order valence-electron chi connectivity index (χ3n) is 3.15. The minimum absolute atomic E-state index is 1.12. The average molecular weight is 268 g/mol. The molecule has 1 aliphatic heterocycles. The molecule has 0 radical (unpaired) electrons. The van der Waals surface area contributed by atoms with E-state index in [2.05, 4.69) is 46.8 Å². The van der Waals surface area contributed by atoms with E-state index in [0.29, 0.717) is 0 Å². The van der Waals surface area contributed by atoms with Gasteiger partial charge in [0.25, 0.3) is 0 Å². The van der Waals surface area contributed by atoms with Gasteiger partial charge in [-0.2, -0.15) is 0 Å². The first-order valence-corrected chi connectivity index (χ1v) is 6.55. The first kappa shape index (κ1) is 11.0. The van der Waals surface area contributed by atoms with Gasteiger partial charge in [0.05, 0.1) is 0 Å². The van der Waals surface area contributed by atoms with E-state index in [1.807, 2.05) is 0 Å². The molecule has 1 aromatic rings. The number of hydrogen-bond donors (Lipinski definition) is 0. The van der Waals surface area contributed by atoms with Gasteiger partial charge in [-0.15, -0.1) is 0 Å². The fourth-order valence-corrected chi connectivity index (χ4v) is 3.09. The van der Waals surface area contributed by atoms with Crippen LogP contribution in [0.2, 0.25) is 0 Å². The predicted molar refractivity (Wildman–Crippen MR) is 69.7 cm³/mol. The van der Waals surface area contributed by atoms with Crippen molar-refractivity contribution in [1.29, 1.82) is 0 Å². The summed E-state index contributed by atoms with van der Waals surface area (Å²) >= 11 is 3.58. The summed E-state index contributed by atoms with van der Waals surface area (Å²) in [6.07, 6.45) is 3.81. The number of rotatable bonds is 2. The maximum atomic E-state index is 3.58. The van der Waals surface area contributed by atoms with Crippen LogP contribution in [0.5, 0.6) is 0 Å². The van der Waals surface area contributed by atoms with Gasteiger partial charge in [0, 0.05) is 23.2 Å². The van der Waals surface area contributed by atoms with Crippen LogP contribution in [0.1, 0.15) is 30.9 Å². The standard InChI is InChI=1S/C13H18BrN/c1-3-11-9-12(14)8-10(2)13(11)15-6-4-5-7-15/h8-9H,3-7H2,1-2H3. The van der Waals surface area contributed by atoms with Crippen LogP contribution in [0.15, 0.2) is 16.6 Å². The van der Waals surface area contributed by atoms with Crippen LogP contribution >= 0.6 is 15.9 Å². The lowest BCUT2D eigenvalue weighted by Crippen LogP contribution is -2.20. The fraction of sp³-hybridized carbons (Fsp3) is 0.538. The lowest BCUT2D eigenvalue weighted by atomic mass is 10.0. The third-order valence-corrected chi connectivity index (χ3v) is 3.61. The quantitative estimate of drug-likeness (QED) is 0.785. The van der Waals surface area contributed by atoms with E-state index in [1.54, 1.807) is 0 Å². The molecule has 0 amide bonds. The van der Waals surface area contributed by atoms with Crippen molar-refractivity contribution in [3.63, 3.8) is 0 Å². The van der Waals surface area contributed by atoms with E-state index in [0.717, 1.165) is 6.42 Å². The van der Waals surface area contributed by atoms with Gasteiger partial charge >= 0.3 is 0 Å². The third kappa shape index (κ3) is 2.20. The van der Waals surface area contributed by atoms with Crippen molar-refractivity contribution in [1.82, 2.24) is 0 Å². The van der Waals surface area contributed by atoms with E-state index in [1.165, 1.54) is 47.2 Å². The van der Waals surface area contributed by atoms with Crippen molar-refractivity contribution in [2.24, 2.45) is 0 Å². The van der Waals surface area contributed by atoms with Gasteiger partial charge in [-0.05, 0) is 49.4 Å². The number of aryl methyl sites for hydroxylation is 2. The molecule has 1 saturated heterocycles. The molecule has 1 nitrogen and oxygen atoms in total. The Bertz CT molecular complexity index is 354. The van der Waals surface area contributed by atoms with Crippen LogP contribution < -0.4 is 4.90 Å². The lowest BCUT2D eigenvalue weighted by Gasteiger charge is -2.23. The normalized spacial score (nSPS) is 16.1. The topological polar surface area (TPSA) is 3.24 Å². The lowest BCUT2D eigenvalue weighted by molar-refractivity contribution is 0.939. The summed E-state index contributed by atoms with van der Waals surface area (Å²) < 4.78 is 1.21. The summed E-state index contributed by atoms with van der Waals surface area (Å²) in [6.45, 7) is 6.92. The average Bonchev–Trinajstić information content (AvgIpc) is 2.69. The molecule has 0 saturated carbocycles. The summed E-state index contributed by atoms with van der Waals surface area (Å²) in [4.78, 5) is 2.54. The molecule has 1 heterocycles. The van der Waals surface area contributed by atoms with Crippen LogP contribution in [-0.2, 0) is 6.42 Å². The van der Waals surface area contributed by atoms with E-state index in [9.17, 15) is 0 Å². The van der Waals surface area contributed by atoms with Crippen molar-refractivity contribution in [3.8, 4) is 0 Å². The number of halogens is 1. The van der Waals surface area contributed by atoms with Crippen molar-refractivity contribution in [2.45, 2.75) is 33.1 Å². The SMILES string of the molecule is CCc1cc(Br)cc(C)c1N1CCCC1. The molecule has 0 unspecified atom stereocenters. The fourth-order valence-electron chi connectivity index (χ4n) is 2.47. The molecule has 0 spiro atoms. The Labute approximate surface area is 101 Å². The Morgan fingerprint density at radius 2 is 1.93 bits per heavy atom. The van der Waals surface area contributed by atoms with Crippen LogP contribution in [0.25, 0.3) is 0 Å². The second kappa shape index (κ2) is 4.56. The van der Waals surface area contributed by atoms with E-state index in [-0.39, 0.29) is 0 Å². The zero-order valence-corrected chi connectivity index (χ0v) is 11.1. The molecule has 15 heavy (non-hydrogen) atoms. The monoisotopic (exact) mass is 267 g/mol. The molecule has 0 atom stereocenters. The Morgan fingerprint density at radius 1 is 1.27 bits per heavy atom. The highest BCUT2D eigenvalue weighted by Gasteiger charge is 2.17. The summed E-state index contributed by atoms with van der Waals surface area (Å²) in [6, 6.07) is 4.49. The Balaban J connectivity index is 2.43. The first-order valence-electron chi connectivity index (χ1n) is 5.76. The molecular weight excluding hydrogens is 250 g/mol. The molecule has 0 aromatic heterocycles. The summed E-state index contributed by atoms with van der Waals surface area (Å²) in [7, 11) is 0. The second-order valence-electron chi connectivity index (χ2n) is 4.28. The molecule has 0 aliphatic carbocycles. The Hall–Kier alpha value is -0.500. The maximum Gasteiger partial charge on any atom is 0.0429 e. The minimum atomic E-state index is 1.12. The smallest absolute Gasteiger partial charge is 0.0429 e. The van der Waals surface area contributed by atoms with E-state index < -0.39 is 0 Å². The van der Waals surface area contributed by atoms with Gasteiger partial charge in [-0.25, -0.2) is 0 Å². The van der Waals surface area contributed by atoms with Crippen LogP contribution in [0.3, 0.4) is 0 Å². The summed E-state index contributed by atoms with van der Waals surface area (Å²) in [5.74, 6) is 0. The Kier molecular flexibility index (Phi) is 3.35. The zero-order valence-electron chi connectivity index (χ0n) is 9.52. The number of benzene rings is 1. The second-order valence-corrected chi connectivity index (χ2v) is 5.19. The summed E-state index contributed by atoms with van der Waals surface area (Å²) in [5, 5.41) is 0. The van der Waals surface area contributed by atoms with Gasteiger partial charge in [0.1, 0.15) is 0 Å². The zero-order chi connectivity index (χ0) is 10.8. The molecule has 1 aliphatic rings. The number of hydrogen-bond acceptors (Lipinski definition) is 1. The van der Waals surface area contributed by atoms with E-state index in [4.69, 9.17) is 0 Å². The molecular formula is C13H18BrN. The van der Waals surface area contributed by atoms with Crippen molar-refractivity contribution in [2.75, 3.05) is 18.0 Å². The van der Waals surface area contributed by atoms with Gasteiger partial charge in [0.15, 0.2) is 0 Å². The molecule has 0 bridgehead atoms. The van der Waals surface area contributed by atoms with Crippen LogP contribution in [0, 0.1) is 6.92 Å². The highest BCUT2D eigenvalue weighted by atomic mass is 79.9. The predicted octanol–water partition coefficient (Wildman–Crippen LogP) is 3.92. The number of anilines is 1. The van der Waals surface area contributed by atoms with Crippen molar-refractivity contribution < 1.29 is 0 Å². The number of nitrogens with zero attached hydrogens (tertiary/aromatic N) is 1. The molecule has 2 heteroatoms. The largest absolute Gasteiger partial charge is 0.371 e. The molecule has 0 N–H and O–H groups in total. The van der Waals surface area contributed by atoms with Crippen LogP contribution in [0.4, 0.5) is 5.69 Å². The van der Waals surface area contributed by atoms with E-state index >= 15 is 0 Å². The van der Waals surface area contributed by atoms with Crippen molar-refractivity contribution in [3.05, 3.63) is 27.7 Å². The molecule has 1 aromatic carbocycles. The molecule has 2 rings (SSSR count). The van der Waals surface area contributed by atoms with Gasteiger partial charge in [0.2, 0.25) is 0 Å². The minimum Gasteiger partial charge on any atom is -0.371 e. The van der Waals surface area contributed by atoms with Gasteiger partial charge < -0.3 is 4.90 Å².